The van der Waals surface area contributed by atoms with E-state index >= 15 is 0 Å². The van der Waals surface area contributed by atoms with Crippen LogP contribution in [0.3, 0.4) is 0 Å². The normalized spacial score (nSPS) is 3.60. The Morgan fingerprint density at radius 1 is 1.20 bits per heavy atom. The predicted octanol–water partition coefficient (Wildman–Crippen LogP) is -0.412. The topological polar surface area (TPSA) is 9.23 Å². The predicted molar refractivity (Wildman–Crippen MR) is 13.2 cm³/mol. The van der Waals surface area contributed by atoms with Crippen LogP contribution in [0, 0.1) is 35.6 Å². The summed E-state index contributed by atoms with van der Waals surface area (Å²) in [5, 5.41) is 1.25. The number of halogens is 2. The van der Waals surface area contributed by atoms with Crippen molar-refractivity contribution in [3.8, 4) is 0 Å². The standard InChI is InChI=1S/BH3.F2O.La/c;1-3-2;/h1H3;;. The van der Waals surface area contributed by atoms with Crippen molar-refractivity contribution in [1.29, 1.82) is 0 Å². The van der Waals surface area contributed by atoms with Gasteiger partial charge in [0.25, 0.3) is 0 Å². The van der Waals surface area contributed by atoms with E-state index in [1.54, 1.807) is 0 Å². The van der Waals surface area contributed by atoms with Crippen molar-refractivity contribution in [3.63, 3.8) is 0 Å². The van der Waals surface area contributed by atoms with Gasteiger partial charge in [-0.3, -0.25) is 0 Å². The van der Waals surface area contributed by atoms with Gasteiger partial charge in [-0.25, -0.2) is 0 Å². The molecule has 0 N–H and O–H groups in total. The molecule has 0 rings (SSSR count). The molecule has 0 saturated heterocycles. The zero-order valence-electron chi connectivity index (χ0n) is 1.74. The summed E-state index contributed by atoms with van der Waals surface area (Å²) in [5.74, 6) is 0. The van der Waals surface area contributed by atoms with E-state index in [9.17, 15) is 0 Å². The van der Waals surface area contributed by atoms with Crippen LogP contribution in [0.15, 0.2) is 0 Å². The van der Waals surface area contributed by atoms with Crippen LogP contribution >= 0.6 is 0 Å². The van der Waals surface area contributed by atoms with E-state index in [2.05, 4.69) is 0 Å². The Kier molecular flexibility index (Phi) is 64.7. The van der Waals surface area contributed by atoms with Gasteiger partial charge in [0.05, 0.1) is 8.41 Å². The summed E-state index contributed by atoms with van der Waals surface area (Å²) in [7, 11) is 0. The molecule has 1 radical (unpaired) electrons. The van der Waals surface area contributed by atoms with Crippen LogP contribution in [-0.4, -0.2) is 8.41 Å². The minimum absolute atomic E-state index is 0. The zero-order valence-corrected chi connectivity index (χ0v) is 5.37. The van der Waals surface area contributed by atoms with E-state index in [4.69, 9.17) is 9.05 Å². The maximum absolute atomic E-state index is 9.12. The van der Waals surface area contributed by atoms with Crippen LogP contribution in [0.5, 0.6) is 0 Å². The molecular weight excluding hydrogens is 204 g/mol. The third-order valence-electron chi connectivity index (χ3n) is 0. The van der Waals surface area contributed by atoms with Crippen LogP contribution in [0.25, 0.3) is 0 Å². The molecule has 1 nitrogen and oxygen atoms in total. The molecule has 5 heavy (non-hydrogen) atoms. The smallest absolute Gasteiger partial charge is 0.0104 e. The zero-order chi connectivity index (χ0) is 2.71. The Bertz CT molecular complexity index is 9.61. The van der Waals surface area contributed by atoms with E-state index in [1.807, 2.05) is 0 Å². The molecule has 0 spiro atoms. The molecule has 0 unspecified atom stereocenters. The Hall–Kier alpha value is 1.08. The Morgan fingerprint density at radius 2 is 1.20 bits per heavy atom. The molecule has 0 heterocycles. The van der Waals surface area contributed by atoms with Crippen molar-refractivity contribution in [1.82, 2.24) is 0 Å². The van der Waals surface area contributed by atoms with Crippen LogP contribution < -0.4 is 0 Å². The summed E-state index contributed by atoms with van der Waals surface area (Å²) in [5.41, 5.74) is 0. The van der Waals surface area contributed by atoms with Gasteiger partial charge in [0.2, 0.25) is 0 Å². The Balaban J connectivity index is -0.0000000200. The second-order valence-electron chi connectivity index (χ2n) is 0.0583. The van der Waals surface area contributed by atoms with Crippen molar-refractivity contribution in [2.45, 2.75) is 0 Å². The summed E-state index contributed by atoms with van der Waals surface area (Å²) >= 11 is 0. The second kappa shape index (κ2) is 19.5. The first-order chi connectivity index (χ1) is 1.41. The van der Waals surface area contributed by atoms with E-state index in [0.717, 1.165) is 0 Å². The molecule has 0 aliphatic rings. The van der Waals surface area contributed by atoms with Gasteiger partial charge < -0.3 is 0 Å². The fraction of sp³-hybridized carbons (Fsp3) is 0. The first-order valence-electron chi connectivity index (χ1n) is 0.309. The summed E-state index contributed by atoms with van der Waals surface area (Å²) in [6.45, 7) is 0. The van der Waals surface area contributed by atoms with Crippen molar-refractivity contribution in [2.24, 2.45) is 0 Å². The molecule has 29 valence electrons. The van der Waals surface area contributed by atoms with Gasteiger partial charge in [0.15, 0.2) is 0 Å². The molecule has 0 aromatic heterocycles. The molecule has 0 amide bonds. The van der Waals surface area contributed by atoms with Gasteiger partial charge in [0, 0.05) is 40.7 Å². The molecule has 0 aromatic carbocycles. The molecule has 0 fully saturated rings. The monoisotopic (exact) mass is 207 g/mol. The quantitative estimate of drug-likeness (QED) is 0.490. The minimum Gasteiger partial charge on any atom is -0.0104 e. The van der Waals surface area contributed by atoms with Gasteiger partial charge in [-0.15, -0.1) is 0 Å². The van der Waals surface area contributed by atoms with Crippen molar-refractivity contribution < 1.29 is 49.8 Å². The third-order valence-corrected chi connectivity index (χ3v) is 0. The Morgan fingerprint density at radius 3 is 1.20 bits per heavy atom. The molecule has 0 bridgehead atoms. The van der Waals surface area contributed by atoms with E-state index in [0.29, 0.717) is 0 Å². The molecule has 5 heteroatoms. The second-order valence-corrected chi connectivity index (χ2v) is 0.0583. The fourth-order valence-electron chi connectivity index (χ4n) is 0. The molecule has 0 saturated carbocycles. The number of hydrogen-bond acceptors (Lipinski definition) is 1. The van der Waals surface area contributed by atoms with Gasteiger partial charge in [-0.2, -0.15) is 0 Å². The average Bonchev–Trinajstić information content (AvgIpc) is 0.918. The van der Waals surface area contributed by atoms with E-state index < -0.39 is 0 Å². The summed E-state index contributed by atoms with van der Waals surface area (Å²) in [4.78, 5) is 0. The van der Waals surface area contributed by atoms with Gasteiger partial charge >= 0.3 is 0 Å². The van der Waals surface area contributed by atoms with Gasteiger partial charge in [-0.05, 0) is 9.05 Å². The van der Waals surface area contributed by atoms with Gasteiger partial charge in [0.1, 0.15) is 0 Å². The number of rotatable bonds is 0. The molecular formula is H3BF2LaO. The molecule has 0 aliphatic heterocycles. The van der Waals surface area contributed by atoms with Crippen LogP contribution in [0.2, 0.25) is 0 Å². The van der Waals surface area contributed by atoms with E-state index in [1.165, 1.54) is 5.15 Å². The summed E-state index contributed by atoms with van der Waals surface area (Å²) < 4.78 is 18.2. The largest absolute Gasteiger partial charge is 0.0814 e. The molecule has 0 aliphatic carbocycles. The number of hydrogen-bond donors (Lipinski definition) is 0. The maximum atomic E-state index is 9.12. The molecule has 0 atom stereocenters. The summed E-state index contributed by atoms with van der Waals surface area (Å²) in [6.07, 6.45) is 0. The first-order valence-corrected chi connectivity index (χ1v) is 0.309. The Labute approximate surface area is 58.0 Å². The summed E-state index contributed by atoms with van der Waals surface area (Å²) in [6, 6.07) is 0. The fourth-order valence-corrected chi connectivity index (χ4v) is 0. The van der Waals surface area contributed by atoms with Crippen molar-refractivity contribution in [3.05, 3.63) is 0 Å². The van der Waals surface area contributed by atoms with E-state index in [-0.39, 0.29) is 44.0 Å². The SMILES string of the molecule is B.FOF.[La]. The van der Waals surface area contributed by atoms with Gasteiger partial charge in [-0.1, -0.05) is 0 Å². The van der Waals surface area contributed by atoms with Crippen LogP contribution in [0.1, 0.15) is 0 Å². The van der Waals surface area contributed by atoms with Crippen molar-refractivity contribution >= 4 is 8.41 Å². The van der Waals surface area contributed by atoms with Crippen LogP contribution in [-0.2, 0) is 5.15 Å². The molecule has 0 aromatic rings. The maximum Gasteiger partial charge on any atom is 0.0814 e. The van der Waals surface area contributed by atoms with Crippen LogP contribution in [0.4, 0.5) is 9.05 Å². The third kappa shape index (κ3) is 41.3. The first kappa shape index (κ1) is 16.5. The average molecular weight is 207 g/mol. The minimum atomic E-state index is 0. The van der Waals surface area contributed by atoms with Crippen molar-refractivity contribution in [2.75, 3.05) is 0 Å².